The number of fused-ring (bicyclic) bond motifs is 1. The molecule has 0 heterocycles. The average molecular weight is 709 g/mol. The minimum Gasteiger partial charge on any atom is -0.480 e. The van der Waals surface area contributed by atoms with E-state index in [0.717, 1.165) is 40.7 Å². The molecule has 1 aromatic carbocycles. The van der Waals surface area contributed by atoms with Gasteiger partial charge in [0.25, 0.3) is 0 Å². The number of hydrogen-bond acceptors (Lipinski definition) is 8. The maximum Gasteiger partial charge on any atom is 0.322 e. The Balaban J connectivity index is 1.46. The van der Waals surface area contributed by atoms with Crippen molar-refractivity contribution < 1.29 is 39.0 Å². The molecule has 4 amide bonds. The molecule has 50 heavy (non-hydrogen) atoms. The normalized spacial score (nSPS) is 20.9. The number of benzene rings is 1. The zero-order valence-corrected chi connectivity index (χ0v) is 30.3. The van der Waals surface area contributed by atoms with E-state index in [1.807, 2.05) is 39.8 Å². The highest BCUT2D eigenvalue weighted by Crippen LogP contribution is 2.65. The smallest absolute Gasteiger partial charge is 0.322 e. The summed E-state index contributed by atoms with van der Waals surface area (Å²) in [5, 5.41) is 30.7. The van der Waals surface area contributed by atoms with Crippen LogP contribution in [0.25, 0.3) is 0 Å². The number of ketones is 1. The van der Waals surface area contributed by atoms with Crippen molar-refractivity contribution in [3.63, 3.8) is 0 Å². The van der Waals surface area contributed by atoms with E-state index in [-0.39, 0.29) is 30.3 Å². The average Bonchev–Trinajstić information content (AvgIpc) is 3.80. The van der Waals surface area contributed by atoms with E-state index in [2.05, 4.69) is 21.3 Å². The summed E-state index contributed by atoms with van der Waals surface area (Å²) in [5.74, 6) is -3.21. The quantitative estimate of drug-likeness (QED) is 0.150. The maximum atomic E-state index is 13.7. The van der Waals surface area contributed by atoms with Crippen LogP contribution in [0, 0.1) is 11.3 Å². The van der Waals surface area contributed by atoms with Gasteiger partial charge in [-0.05, 0) is 74.3 Å². The zero-order chi connectivity index (χ0) is 37.0. The lowest BCUT2D eigenvalue weighted by atomic mass is 9.67. The third-order valence-electron chi connectivity index (χ3n) is 9.76. The van der Waals surface area contributed by atoms with Crippen LogP contribution in [0.15, 0.2) is 64.3 Å². The van der Waals surface area contributed by atoms with Crippen molar-refractivity contribution in [1.29, 1.82) is 0 Å². The van der Waals surface area contributed by atoms with E-state index < -0.39 is 65.3 Å². The number of rotatable bonds is 16. The Kier molecular flexibility index (Phi) is 12.2. The van der Waals surface area contributed by atoms with Crippen molar-refractivity contribution in [1.82, 2.24) is 21.3 Å². The van der Waals surface area contributed by atoms with Crippen LogP contribution in [0.5, 0.6) is 0 Å². The number of hydrogen-bond donors (Lipinski definition) is 6. The Morgan fingerprint density at radius 2 is 1.54 bits per heavy atom. The number of allylic oxidation sites excluding steroid dienone is 3. The van der Waals surface area contributed by atoms with Gasteiger partial charge in [0.1, 0.15) is 30.3 Å². The van der Waals surface area contributed by atoms with Crippen LogP contribution in [-0.2, 0) is 35.2 Å². The first-order chi connectivity index (χ1) is 23.5. The molecule has 3 aliphatic carbocycles. The monoisotopic (exact) mass is 708 g/mol. The Morgan fingerprint density at radius 1 is 0.920 bits per heavy atom. The molecular formula is C37H48N4O8S. The fourth-order valence-corrected chi connectivity index (χ4v) is 8.06. The van der Waals surface area contributed by atoms with Crippen molar-refractivity contribution in [2.45, 2.75) is 91.0 Å². The number of amides is 4. The molecule has 0 radical (unpaired) electrons. The largest absolute Gasteiger partial charge is 0.480 e. The molecule has 12 nitrogen and oxygen atoms in total. The van der Waals surface area contributed by atoms with Crippen molar-refractivity contribution in [2.75, 3.05) is 18.1 Å². The molecule has 270 valence electrons. The van der Waals surface area contributed by atoms with Crippen molar-refractivity contribution in [2.24, 2.45) is 11.3 Å². The Hall–Kier alpha value is -4.23. The molecule has 1 fully saturated rings. The summed E-state index contributed by atoms with van der Waals surface area (Å²) in [6.45, 7) is 9.95. The molecular weight excluding hydrogens is 660 g/mol. The van der Waals surface area contributed by atoms with E-state index in [4.69, 9.17) is 5.11 Å². The predicted molar refractivity (Wildman–Crippen MR) is 190 cm³/mol. The summed E-state index contributed by atoms with van der Waals surface area (Å²) < 4.78 is 0. The number of aliphatic carboxylic acids is 1. The Bertz CT molecular complexity index is 1640. The van der Waals surface area contributed by atoms with Gasteiger partial charge in [0.2, 0.25) is 23.6 Å². The van der Waals surface area contributed by atoms with Gasteiger partial charge in [-0.3, -0.25) is 28.8 Å². The van der Waals surface area contributed by atoms with Crippen LogP contribution >= 0.6 is 11.8 Å². The lowest BCUT2D eigenvalue weighted by Crippen LogP contribution is -2.58. The van der Waals surface area contributed by atoms with Gasteiger partial charge in [0.15, 0.2) is 5.78 Å². The second-order valence-electron chi connectivity index (χ2n) is 14.0. The Morgan fingerprint density at radius 3 is 2.12 bits per heavy atom. The first-order valence-corrected chi connectivity index (χ1v) is 18.0. The topological polar surface area (TPSA) is 191 Å². The number of carboxylic acids is 1. The van der Waals surface area contributed by atoms with Gasteiger partial charge < -0.3 is 31.5 Å². The van der Waals surface area contributed by atoms with E-state index in [9.17, 15) is 33.9 Å². The SMILES string of the molecule is CC(=O)N[C@H](CSCC1=C(C)C=C2C(=O)[C@](C)(O)C3(CC3)C(C)=C21)C(=O)N[C@@H](CC(C)C)C(=O)N[C@@H](Cc1ccccc1)C(=O)NCC(=O)O. The van der Waals surface area contributed by atoms with Gasteiger partial charge in [-0.2, -0.15) is 11.8 Å². The van der Waals surface area contributed by atoms with Crippen LogP contribution in [0.4, 0.5) is 0 Å². The van der Waals surface area contributed by atoms with Gasteiger partial charge in [0.05, 0.1) is 0 Å². The molecule has 13 heteroatoms. The predicted octanol–water partition coefficient (Wildman–Crippen LogP) is 2.37. The van der Waals surface area contributed by atoms with Gasteiger partial charge in [-0.1, -0.05) is 49.8 Å². The number of carbonyl (C=O) groups is 6. The van der Waals surface area contributed by atoms with Crippen molar-refractivity contribution >= 4 is 47.1 Å². The minimum atomic E-state index is -1.45. The van der Waals surface area contributed by atoms with Crippen LogP contribution in [0.2, 0.25) is 0 Å². The second kappa shape index (κ2) is 15.8. The molecule has 0 unspecified atom stereocenters. The fourth-order valence-electron chi connectivity index (χ4n) is 6.90. The second-order valence-corrected chi connectivity index (χ2v) is 15.1. The number of carbonyl (C=O) groups excluding carboxylic acids is 5. The zero-order valence-electron chi connectivity index (χ0n) is 29.5. The highest BCUT2D eigenvalue weighted by atomic mass is 32.2. The van der Waals surface area contributed by atoms with Crippen LogP contribution in [0.1, 0.15) is 66.4 Å². The lowest BCUT2D eigenvalue weighted by Gasteiger charge is -2.39. The molecule has 0 bridgehead atoms. The van der Waals surface area contributed by atoms with Gasteiger partial charge in [0, 0.05) is 35.8 Å². The van der Waals surface area contributed by atoms with E-state index in [0.29, 0.717) is 11.3 Å². The van der Waals surface area contributed by atoms with E-state index in [1.165, 1.54) is 18.7 Å². The molecule has 1 spiro atoms. The third-order valence-corrected chi connectivity index (χ3v) is 10.8. The number of aliphatic hydroxyl groups is 1. The van der Waals surface area contributed by atoms with Crippen LogP contribution in [-0.4, -0.2) is 87.4 Å². The highest BCUT2D eigenvalue weighted by molar-refractivity contribution is 7.99. The summed E-state index contributed by atoms with van der Waals surface area (Å²) in [4.78, 5) is 76.9. The fraction of sp³-hybridized carbons (Fsp3) is 0.514. The number of carboxylic acid groups (broad SMARTS) is 1. The van der Waals surface area contributed by atoms with Gasteiger partial charge in [-0.25, -0.2) is 0 Å². The van der Waals surface area contributed by atoms with Gasteiger partial charge >= 0.3 is 5.97 Å². The molecule has 1 saturated carbocycles. The lowest BCUT2D eigenvalue weighted by molar-refractivity contribution is -0.138. The van der Waals surface area contributed by atoms with Crippen LogP contribution < -0.4 is 21.3 Å². The van der Waals surface area contributed by atoms with Crippen LogP contribution in [0.3, 0.4) is 0 Å². The molecule has 0 aromatic heterocycles. The summed E-state index contributed by atoms with van der Waals surface area (Å²) in [6.07, 6.45) is 3.63. The van der Waals surface area contributed by atoms with E-state index in [1.54, 1.807) is 31.2 Å². The highest BCUT2D eigenvalue weighted by Gasteiger charge is 2.65. The van der Waals surface area contributed by atoms with E-state index >= 15 is 0 Å². The standard InChI is InChI=1S/C37H48N4O8S/c1-20(2)14-27(34(47)41-28(33(46)38-17-30(43)44)16-24-10-8-7-9-11-24)40-35(48)29(39-23(5)42)19-50-18-26-21(3)15-25-31(26)22(4)37(12-13-37)36(6,49)32(25)45/h7-11,15,20,27-29,49H,12-14,16-19H2,1-6H3,(H,38,46)(H,39,42)(H,40,48)(H,41,47)(H,43,44)/t27-,28-,29+,36-/m0/s1. The minimum absolute atomic E-state index is 0.0303. The Labute approximate surface area is 297 Å². The molecule has 3 aliphatic rings. The molecule has 4 atom stereocenters. The summed E-state index contributed by atoms with van der Waals surface area (Å²) in [7, 11) is 0. The summed E-state index contributed by atoms with van der Waals surface area (Å²) >= 11 is 1.41. The molecule has 4 rings (SSSR count). The molecule has 1 aromatic rings. The third kappa shape index (κ3) is 8.55. The van der Waals surface area contributed by atoms with Gasteiger partial charge in [-0.15, -0.1) is 0 Å². The molecule has 6 N–H and O–H groups in total. The first kappa shape index (κ1) is 38.6. The van der Waals surface area contributed by atoms with Crippen molar-refractivity contribution in [3.8, 4) is 0 Å². The van der Waals surface area contributed by atoms with Crippen molar-refractivity contribution in [3.05, 3.63) is 69.8 Å². The maximum absolute atomic E-state index is 13.7. The summed E-state index contributed by atoms with van der Waals surface area (Å²) in [6, 6.07) is 5.79. The number of nitrogens with one attached hydrogen (secondary N) is 4. The number of Topliss-reactive ketones (excluding diaryl/α,β-unsaturated/α-hetero) is 1. The molecule has 0 saturated heterocycles. The number of thioether (sulfide) groups is 1. The molecule has 0 aliphatic heterocycles. The summed E-state index contributed by atoms with van der Waals surface area (Å²) in [5.41, 5.74) is 2.99. The first-order valence-electron chi connectivity index (χ1n) is 16.9.